The van der Waals surface area contributed by atoms with Gasteiger partial charge in [-0.05, 0) is 18.4 Å². The van der Waals surface area contributed by atoms with Crippen LogP contribution in [-0.4, -0.2) is 6.54 Å². The van der Waals surface area contributed by atoms with Crippen molar-refractivity contribution in [3.05, 3.63) is 16.1 Å². The molecule has 0 bridgehead atoms. The Morgan fingerprint density at radius 1 is 1.10 bits per heavy atom. The number of halogens is 2. The van der Waals surface area contributed by atoms with Crippen molar-refractivity contribution in [3.8, 4) is 0 Å². The average Bonchev–Trinajstić information content (AvgIpc) is 2.93. The Bertz CT molecular complexity index is 576. The summed E-state index contributed by atoms with van der Waals surface area (Å²) in [5, 5.41) is 4.62. The lowest BCUT2D eigenvalue weighted by molar-refractivity contribution is 0.345. The summed E-state index contributed by atoms with van der Waals surface area (Å²) >= 11 is 13.6. The van der Waals surface area contributed by atoms with Crippen LogP contribution in [0.1, 0.15) is 38.5 Å². The SMILES string of the molecule is Clc1cc(Cl)c(NCCC2CCCCC2)c2c1N=S=N2. The van der Waals surface area contributed by atoms with Gasteiger partial charge in [0.25, 0.3) is 0 Å². The summed E-state index contributed by atoms with van der Waals surface area (Å²) in [6, 6.07) is 1.75. The first-order valence-corrected chi connectivity index (χ1v) is 8.58. The highest BCUT2D eigenvalue weighted by Crippen LogP contribution is 2.47. The van der Waals surface area contributed by atoms with Crippen LogP contribution in [-0.2, 0) is 11.4 Å². The predicted octanol–water partition coefficient (Wildman–Crippen LogP) is 6.10. The molecule has 0 spiro atoms. The number of nitrogens with zero attached hydrogens (tertiary/aromatic N) is 2. The molecule has 20 heavy (non-hydrogen) atoms. The van der Waals surface area contributed by atoms with Crippen molar-refractivity contribution in [3.63, 3.8) is 0 Å². The van der Waals surface area contributed by atoms with E-state index in [0.29, 0.717) is 10.0 Å². The van der Waals surface area contributed by atoms with Crippen LogP contribution in [0.15, 0.2) is 14.8 Å². The van der Waals surface area contributed by atoms with Gasteiger partial charge in [-0.3, -0.25) is 0 Å². The van der Waals surface area contributed by atoms with Crippen LogP contribution >= 0.6 is 23.2 Å². The maximum atomic E-state index is 6.28. The zero-order chi connectivity index (χ0) is 13.9. The van der Waals surface area contributed by atoms with Gasteiger partial charge in [0.05, 0.1) is 27.1 Å². The van der Waals surface area contributed by atoms with Crippen LogP contribution in [0, 0.1) is 5.92 Å². The molecule has 1 aromatic rings. The first kappa shape index (κ1) is 14.4. The minimum Gasteiger partial charge on any atom is -0.382 e. The van der Waals surface area contributed by atoms with Crippen LogP contribution in [0.5, 0.6) is 0 Å². The average molecular weight is 330 g/mol. The third-order valence-corrected chi connectivity index (χ3v) is 5.14. The van der Waals surface area contributed by atoms with E-state index in [-0.39, 0.29) is 0 Å². The van der Waals surface area contributed by atoms with Crippen LogP contribution in [0.2, 0.25) is 10.0 Å². The van der Waals surface area contributed by atoms with Crippen LogP contribution in [0.3, 0.4) is 0 Å². The van der Waals surface area contributed by atoms with Crippen molar-refractivity contribution in [1.82, 2.24) is 0 Å². The molecule has 1 aromatic carbocycles. The summed E-state index contributed by atoms with van der Waals surface area (Å²) in [5.74, 6) is 0.853. The summed E-state index contributed by atoms with van der Waals surface area (Å²) < 4.78 is 8.52. The van der Waals surface area contributed by atoms with Gasteiger partial charge in [-0.1, -0.05) is 55.3 Å². The van der Waals surface area contributed by atoms with Gasteiger partial charge in [0.15, 0.2) is 0 Å². The molecule has 0 aromatic heterocycles. The van der Waals surface area contributed by atoms with E-state index in [2.05, 4.69) is 14.0 Å². The van der Waals surface area contributed by atoms with Gasteiger partial charge in [0, 0.05) is 6.54 Å². The van der Waals surface area contributed by atoms with Crippen LogP contribution in [0.4, 0.5) is 17.1 Å². The third kappa shape index (κ3) is 3.02. The minimum absolute atomic E-state index is 0.566. The molecule has 2 aliphatic rings. The topological polar surface area (TPSA) is 36.8 Å². The van der Waals surface area contributed by atoms with E-state index in [4.69, 9.17) is 23.2 Å². The number of rotatable bonds is 4. The lowest BCUT2D eigenvalue weighted by atomic mass is 9.87. The molecule has 0 radical (unpaired) electrons. The standard InChI is InChI=1S/C14H17Cl2N3S/c15-10-8-11(16)13-14(19-20-18-13)12(10)17-7-6-9-4-2-1-3-5-9/h8-9,17H,1-7H2. The monoisotopic (exact) mass is 329 g/mol. The first-order valence-electron chi connectivity index (χ1n) is 7.10. The van der Waals surface area contributed by atoms with Gasteiger partial charge >= 0.3 is 0 Å². The Balaban J connectivity index is 1.66. The second kappa shape index (κ2) is 6.46. The smallest absolute Gasteiger partial charge is 0.130 e. The fraction of sp³-hybridized carbons (Fsp3) is 0.571. The molecule has 1 aliphatic carbocycles. The molecule has 1 N–H and O–H groups in total. The molecule has 108 valence electrons. The molecule has 0 saturated heterocycles. The second-order valence-electron chi connectivity index (χ2n) is 5.40. The minimum atomic E-state index is 0.566. The van der Waals surface area contributed by atoms with Gasteiger partial charge in [-0.2, -0.15) is 8.73 Å². The Kier molecular flexibility index (Phi) is 4.64. The van der Waals surface area contributed by atoms with Crippen LogP contribution < -0.4 is 5.32 Å². The van der Waals surface area contributed by atoms with Gasteiger partial charge in [0.1, 0.15) is 11.4 Å². The van der Waals surface area contributed by atoms with Gasteiger partial charge in [-0.25, -0.2) is 0 Å². The Morgan fingerprint density at radius 2 is 1.85 bits per heavy atom. The van der Waals surface area contributed by atoms with E-state index in [9.17, 15) is 0 Å². The Morgan fingerprint density at radius 3 is 2.65 bits per heavy atom. The van der Waals surface area contributed by atoms with E-state index in [1.165, 1.54) is 49.9 Å². The van der Waals surface area contributed by atoms with E-state index < -0.39 is 0 Å². The highest BCUT2D eigenvalue weighted by Gasteiger charge is 2.19. The fourth-order valence-electron chi connectivity index (χ4n) is 2.92. The quantitative estimate of drug-likeness (QED) is 0.722. The number of benzene rings is 1. The largest absolute Gasteiger partial charge is 0.382 e. The van der Waals surface area contributed by atoms with E-state index in [1.54, 1.807) is 6.07 Å². The molecule has 0 atom stereocenters. The number of fused-ring (bicyclic) bond motifs is 1. The summed E-state index contributed by atoms with van der Waals surface area (Å²) in [6.45, 7) is 0.929. The van der Waals surface area contributed by atoms with Gasteiger partial charge in [-0.15, -0.1) is 0 Å². The molecule has 6 heteroatoms. The lowest BCUT2D eigenvalue weighted by Crippen LogP contribution is -2.12. The molecule has 3 nitrogen and oxygen atoms in total. The molecule has 1 saturated carbocycles. The highest BCUT2D eigenvalue weighted by molar-refractivity contribution is 7.58. The zero-order valence-corrected chi connectivity index (χ0v) is 13.5. The molecule has 3 rings (SSSR count). The zero-order valence-electron chi connectivity index (χ0n) is 11.2. The number of anilines is 1. The van der Waals surface area contributed by atoms with Crippen LogP contribution in [0.25, 0.3) is 0 Å². The molecule has 0 unspecified atom stereocenters. The summed E-state index contributed by atoms with van der Waals surface area (Å²) in [6.07, 6.45) is 8.09. The number of hydrogen-bond acceptors (Lipinski definition) is 3. The van der Waals surface area contributed by atoms with Crippen molar-refractivity contribution >= 4 is 51.6 Å². The van der Waals surface area contributed by atoms with Crippen molar-refractivity contribution in [2.75, 3.05) is 11.9 Å². The molecule has 1 heterocycles. The Labute approximate surface area is 132 Å². The van der Waals surface area contributed by atoms with Crippen molar-refractivity contribution in [2.24, 2.45) is 14.6 Å². The summed E-state index contributed by atoms with van der Waals surface area (Å²) in [5.41, 5.74) is 2.40. The molecule has 1 fully saturated rings. The summed E-state index contributed by atoms with van der Waals surface area (Å²) in [4.78, 5) is 0. The number of hydrogen-bond donors (Lipinski definition) is 1. The lowest BCUT2D eigenvalue weighted by Gasteiger charge is -2.22. The highest BCUT2D eigenvalue weighted by atomic mass is 35.5. The van der Waals surface area contributed by atoms with E-state index >= 15 is 0 Å². The van der Waals surface area contributed by atoms with Gasteiger partial charge in [0.2, 0.25) is 0 Å². The van der Waals surface area contributed by atoms with Crippen molar-refractivity contribution < 1.29 is 0 Å². The van der Waals surface area contributed by atoms with Crippen molar-refractivity contribution in [2.45, 2.75) is 38.5 Å². The maximum Gasteiger partial charge on any atom is 0.130 e. The first-order chi connectivity index (χ1) is 9.75. The van der Waals surface area contributed by atoms with Gasteiger partial charge < -0.3 is 5.32 Å². The maximum absolute atomic E-state index is 6.28. The van der Waals surface area contributed by atoms with Crippen molar-refractivity contribution in [1.29, 1.82) is 0 Å². The predicted molar refractivity (Wildman–Crippen MR) is 87.7 cm³/mol. The molecular weight excluding hydrogens is 313 g/mol. The summed E-state index contributed by atoms with van der Waals surface area (Å²) in [7, 11) is 0. The second-order valence-corrected chi connectivity index (χ2v) is 6.74. The normalized spacial score (nSPS) is 17.9. The van der Waals surface area contributed by atoms with E-state index in [0.717, 1.165) is 29.5 Å². The molecule has 1 aliphatic heterocycles. The van der Waals surface area contributed by atoms with E-state index in [1.807, 2.05) is 0 Å². The Hall–Kier alpha value is -0.580. The molecular formula is C14H17Cl2N3S. The third-order valence-electron chi connectivity index (χ3n) is 4.02. The number of nitrogens with one attached hydrogen (secondary N) is 1. The molecule has 0 amide bonds. The fourth-order valence-corrected chi connectivity index (χ4v) is 4.10.